The maximum absolute atomic E-state index is 5.02. The zero-order valence-corrected chi connectivity index (χ0v) is 8.43. The highest BCUT2D eigenvalue weighted by atomic mass is 79.9. The van der Waals surface area contributed by atoms with Gasteiger partial charge in [0.25, 0.3) is 5.89 Å². The van der Waals surface area contributed by atoms with Gasteiger partial charge in [0.05, 0.1) is 10.2 Å². The van der Waals surface area contributed by atoms with E-state index in [1.165, 1.54) is 0 Å². The van der Waals surface area contributed by atoms with Gasteiger partial charge in [-0.3, -0.25) is 0 Å². The summed E-state index contributed by atoms with van der Waals surface area (Å²) in [4.78, 5) is 5.17. The molecule has 12 heavy (non-hydrogen) atoms. The molecule has 0 atom stereocenters. The van der Waals surface area contributed by atoms with Gasteiger partial charge in [0.1, 0.15) is 0 Å². The van der Waals surface area contributed by atoms with Crippen LogP contribution in [-0.4, -0.2) is 10.1 Å². The van der Waals surface area contributed by atoms with E-state index in [0.717, 1.165) is 4.88 Å². The summed E-state index contributed by atoms with van der Waals surface area (Å²) in [7, 11) is 0. The van der Waals surface area contributed by atoms with Crippen LogP contribution in [0.4, 0.5) is 0 Å². The van der Waals surface area contributed by atoms with Crippen LogP contribution < -0.4 is 0 Å². The molecule has 0 unspecified atom stereocenters. The smallest absolute Gasteiger partial charge is 0.268 e. The SMILES string of the molecule is BrCc1noc(-c2cccs2)n1. The Morgan fingerprint density at radius 3 is 3.08 bits per heavy atom. The minimum atomic E-state index is 0.597. The van der Waals surface area contributed by atoms with Crippen molar-refractivity contribution in [2.24, 2.45) is 0 Å². The Labute approximate surface area is 81.5 Å². The molecule has 2 aromatic rings. The van der Waals surface area contributed by atoms with Crippen LogP contribution in [0.2, 0.25) is 0 Å². The molecule has 62 valence electrons. The van der Waals surface area contributed by atoms with Gasteiger partial charge < -0.3 is 4.52 Å². The van der Waals surface area contributed by atoms with Gasteiger partial charge in [0, 0.05) is 0 Å². The molecular formula is C7H5BrN2OS. The fourth-order valence-electron chi connectivity index (χ4n) is 0.809. The molecule has 0 fully saturated rings. The van der Waals surface area contributed by atoms with Crippen molar-refractivity contribution >= 4 is 27.3 Å². The third-order valence-electron chi connectivity index (χ3n) is 1.32. The topological polar surface area (TPSA) is 38.9 Å². The first-order valence-electron chi connectivity index (χ1n) is 3.32. The number of rotatable bonds is 2. The monoisotopic (exact) mass is 244 g/mol. The molecule has 2 heterocycles. The molecule has 0 saturated carbocycles. The summed E-state index contributed by atoms with van der Waals surface area (Å²) in [6, 6.07) is 3.91. The molecule has 5 heteroatoms. The Bertz CT molecular complexity index is 357. The lowest BCUT2D eigenvalue weighted by atomic mass is 10.5. The van der Waals surface area contributed by atoms with Gasteiger partial charge in [-0.15, -0.1) is 11.3 Å². The Morgan fingerprint density at radius 2 is 2.50 bits per heavy atom. The number of hydrogen-bond acceptors (Lipinski definition) is 4. The number of thiophene rings is 1. The average Bonchev–Trinajstić information content (AvgIpc) is 2.75. The van der Waals surface area contributed by atoms with E-state index in [4.69, 9.17) is 4.52 Å². The predicted molar refractivity (Wildman–Crippen MR) is 50.2 cm³/mol. The Balaban J connectivity index is 2.35. The fraction of sp³-hybridized carbons (Fsp3) is 0.143. The van der Waals surface area contributed by atoms with Crippen molar-refractivity contribution in [1.82, 2.24) is 10.1 Å². The highest BCUT2D eigenvalue weighted by Crippen LogP contribution is 2.22. The van der Waals surface area contributed by atoms with E-state index in [0.29, 0.717) is 17.0 Å². The number of alkyl halides is 1. The van der Waals surface area contributed by atoms with Crippen molar-refractivity contribution in [2.75, 3.05) is 0 Å². The highest BCUT2D eigenvalue weighted by Gasteiger charge is 2.07. The Kier molecular flexibility index (Phi) is 2.23. The lowest BCUT2D eigenvalue weighted by Gasteiger charge is -1.81. The summed E-state index contributed by atoms with van der Waals surface area (Å²) in [5, 5.41) is 6.37. The molecule has 0 spiro atoms. The number of halogens is 1. The predicted octanol–water partition coefficient (Wildman–Crippen LogP) is 2.69. The van der Waals surface area contributed by atoms with Crippen molar-refractivity contribution in [3.63, 3.8) is 0 Å². The van der Waals surface area contributed by atoms with Gasteiger partial charge in [-0.2, -0.15) is 4.98 Å². The van der Waals surface area contributed by atoms with E-state index < -0.39 is 0 Å². The van der Waals surface area contributed by atoms with E-state index >= 15 is 0 Å². The van der Waals surface area contributed by atoms with E-state index in [2.05, 4.69) is 26.1 Å². The van der Waals surface area contributed by atoms with Crippen LogP contribution in [0.5, 0.6) is 0 Å². The first-order chi connectivity index (χ1) is 5.90. The van der Waals surface area contributed by atoms with Crippen LogP contribution in [-0.2, 0) is 5.33 Å². The molecule has 0 N–H and O–H groups in total. The van der Waals surface area contributed by atoms with Gasteiger partial charge in [-0.1, -0.05) is 27.2 Å². The molecule has 0 bridgehead atoms. The summed E-state index contributed by atoms with van der Waals surface area (Å²) in [6.07, 6.45) is 0. The maximum Gasteiger partial charge on any atom is 0.268 e. The van der Waals surface area contributed by atoms with Crippen molar-refractivity contribution in [1.29, 1.82) is 0 Å². The lowest BCUT2D eigenvalue weighted by Crippen LogP contribution is -1.78. The summed E-state index contributed by atoms with van der Waals surface area (Å²) in [6.45, 7) is 0. The molecule has 0 saturated heterocycles. The zero-order chi connectivity index (χ0) is 8.39. The van der Waals surface area contributed by atoms with Crippen molar-refractivity contribution in [2.45, 2.75) is 5.33 Å². The van der Waals surface area contributed by atoms with Crippen LogP contribution in [0.25, 0.3) is 10.8 Å². The van der Waals surface area contributed by atoms with Crippen LogP contribution in [0.15, 0.2) is 22.0 Å². The molecule has 2 rings (SSSR count). The van der Waals surface area contributed by atoms with Gasteiger partial charge in [-0.05, 0) is 11.4 Å². The summed E-state index contributed by atoms with van der Waals surface area (Å²) in [5.41, 5.74) is 0. The minimum Gasteiger partial charge on any atom is -0.333 e. The first-order valence-corrected chi connectivity index (χ1v) is 5.32. The molecule has 3 nitrogen and oxygen atoms in total. The van der Waals surface area contributed by atoms with E-state index in [-0.39, 0.29) is 0 Å². The average molecular weight is 245 g/mol. The normalized spacial score (nSPS) is 10.4. The number of hydrogen-bond donors (Lipinski definition) is 0. The minimum absolute atomic E-state index is 0.597. The molecule has 0 amide bonds. The quantitative estimate of drug-likeness (QED) is 0.763. The molecule has 0 radical (unpaired) electrons. The van der Waals surface area contributed by atoms with Gasteiger partial charge in [0.2, 0.25) is 0 Å². The summed E-state index contributed by atoms with van der Waals surface area (Å²) >= 11 is 4.84. The second kappa shape index (κ2) is 3.37. The molecule has 0 aliphatic carbocycles. The van der Waals surface area contributed by atoms with Crippen molar-refractivity contribution < 1.29 is 4.52 Å². The first kappa shape index (κ1) is 7.94. The van der Waals surface area contributed by atoms with Crippen LogP contribution in [0.1, 0.15) is 5.82 Å². The zero-order valence-electron chi connectivity index (χ0n) is 6.03. The molecule has 0 aromatic carbocycles. The van der Waals surface area contributed by atoms with E-state index in [1.54, 1.807) is 11.3 Å². The lowest BCUT2D eigenvalue weighted by molar-refractivity contribution is 0.426. The number of nitrogens with zero attached hydrogens (tertiary/aromatic N) is 2. The summed E-state index contributed by atoms with van der Waals surface area (Å²) in [5.74, 6) is 1.28. The molecule has 2 aromatic heterocycles. The maximum atomic E-state index is 5.02. The van der Waals surface area contributed by atoms with Gasteiger partial charge in [0.15, 0.2) is 5.82 Å². The molecular weight excluding hydrogens is 240 g/mol. The molecule has 0 aliphatic heterocycles. The second-order valence-electron chi connectivity index (χ2n) is 2.13. The fourth-order valence-corrected chi connectivity index (χ4v) is 1.68. The van der Waals surface area contributed by atoms with Gasteiger partial charge >= 0.3 is 0 Å². The third-order valence-corrected chi connectivity index (χ3v) is 2.68. The van der Waals surface area contributed by atoms with E-state index in [9.17, 15) is 0 Å². The van der Waals surface area contributed by atoms with Crippen LogP contribution in [0, 0.1) is 0 Å². The van der Waals surface area contributed by atoms with Crippen molar-refractivity contribution in [3.05, 3.63) is 23.3 Å². The third kappa shape index (κ3) is 1.42. The largest absolute Gasteiger partial charge is 0.333 e. The second-order valence-corrected chi connectivity index (χ2v) is 3.64. The van der Waals surface area contributed by atoms with Crippen LogP contribution in [0.3, 0.4) is 0 Å². The Hall–Kier alpha value is -0.680. The summed E-state index contributed by atoms with van der Waals surface area (Å²) < 4.78 is 5.02. The highest BCUT2D eigenvalue weighted by molar-refractivity contribution is 9.08. The molecule has 0 aliphatic rings. The van der Waals surface area contributed by atoms with E-state index in [1.807, 2.05) is 17.5 Å². The van der Waals surface area contributed by atoms with Gasteiger partial charge in [-0.25, -0.2) is 0 Å². The van der Waals surface area contributed by atoms with Crippen LogP contribution >= 0.6 is 27.3 Å². The standard InChI is InChI=1S/C7H5BrN2OS/c8-4-6-9-7(11-10-6)5-2-1-3-12-5/h1-3H,4H2. The Morgan fingerprint density at radius 1 is 1.58 bits per heavy atom. The van der Waals surface area contributed by atoms with Crippen molar-refractivity contribution in [3.8, 4) is 10.8 Å². The number of aromatic nitrogens is 2.